The highest BCUT2D eigenvalue weighted by molar-refractivity contribution is 5.89. The van der Waals surface area contributed by atoms with Gasteiger partial charge in [-0.3, -0.25) is 9.59 Å². The standard InChI is InChI=1S/C19H24N2O4/c22-16(12-14-6-2-1-3-7-14)21-11-4-8-15(13-21)17(23)20-19(18(24)25)9-5-10-19/h1-3,6-7,15H,4-5,8-13H2,(H,20,23)(H,24,25). The van der Waals surface area contributed by atoms with Crippen molar-refractivity contribution in [3.63, 3.8) is 0 Å². The van der Waals surface area contributed by atoms with Crippen LogP contribution in [0.2, 0.25) is 0 Å². The highest BCUT2D eigenvalue weighted by Gasteiger charge is 2.46. The van der Waals surface area contributed by atoms with Crippen molar-refractivity contribution in [1.29, 1.82) is 0 Å². The van der Waals surface area contributed by atoms with Gasteiger partial charge in [0.2, 0.25) is 11.8 Å². The predicted octanol–water partition coefficient (Wildman–Crippen LogP) is 1.59. The first-order valence-electron chi connectivity index (χ1n) is 8.87. The normalized spacial score (nSPS) is 21.9. The van der Waals surface area contributed by atoms with Gasteiger partial charge in [-0.05, 0) is 37.7 Å². The highest BCUT2D eigenvalue weighted by atomic mass is 16.4. The van der Waals surface area contributed by atoms with Gasteiger partial charge in [-0.15, -0.1) is 0 Å². The Balaban J connectivity index is 1.58. The summed E-state index contributed by atoms with van der Waals surface area (Å²) in [6.07, 6.45) is 3.57. The van der Waals surface area contributed by atoms with Crippen LogP contribution in [0.1, 0.15) is 37.7 Å². The first kappa shape index (κ1) is 17.5. The number of amides is 2. The zero-order valence-electron chi connectivity index (χ0n) is 14.2. The molecule has 1 unspecified atom stereocenters. The Kier molecular flexibility index (Phi) is 5.06. The summed E-state index contributed by atoms with van der Waals surface area (Å²) in [4.78, 5) is 38.2. The number of rotatable bonds is 5. The molecule has 1 aliphatic heterocycles. The third kappa shape index (κ3) is 3.83. The van der Waals surface area contributed by atoms with Crippen LogP contribution in [-0.2, 0) is 20.8 Å². The smallest absolute Gasteiger partial charge is 0.329 e. The maximum Gasteiger partial charge on any atom is 0.329 e. The average molecular weight is 344 g/mol. The van der Waals surface area contributed by atoms with Gasteiger partial charge >= 0.3 is 5.97 Å². The van der Waals surface area contributed by atoms with Gasteiger partial charge in [0, 0.05) is 13.1 Å². The number of carboxylic acid groups (broad SMARTS) is 1. The van der Waals surface area contributed by atoms with Crippen LogP contribution >= 0.6 is 0 Å². The summed E-state index contributed by atoms with van der Waals surface area (Å²) in [5.41, 5.74) is -0.133. The molecule has 1 aliphatic carbocycles. The minimum atomic E-state index is -1.09. The number of nitrogens with zero attached hydrogens (tertiary/aromatic N) is 1. The van der Waals surface area contributed by atoms with Crippen molar-refractivity contribution in [3.05, 3.63) is 35.9 Å². The van der Waals surface area contributed by atoms with Crippen molar-refractivity contribution in [2.24, 2.45) is 5.92 Å². The number of piperidine rings is 1. The fourth-order valence-corrected chi connectivity index (χ4v) is 3.56. The van der Waals surface area contributed by atoms with Gasteiger partial charge in [0.15, 0.2) is 0 Å². The second kappa shape index (κ2) is 7.25. The lowest BCUT2D eigenvalue weighted by Gasteiger charge is -2.40. The van der Waals surface area contributed by atoms with Crippen molar-refractivity contribution in [2.45, 2.75) is 44.1 Å². The zero-order valence-corrected chi connectivity index (χ0v) is 14.2. The van der Waals surface area contributed by atoms with E-state index in [0.717, 1.165) is 18.4 Å². The molecule has 1 aromatic carbocycles. The predicted molar refractivity (Wildman–Crippen MR) is 91.8 cm³/mol. The number of aliphatic carboxylic acids is 1. The molecule has 6 heteroatoms. The van der Waals surface area contributed by atoms with Crippen LogP contribution in [0.3, 0.4) is 0 Å². The summed E-state index contributed by atoms with van der Waals surface area (Å²) < 4.78 is 0. The molecule has 1 aromatic rings. The number of likely N-dealkylation sites (tertiary alicyclic amines) is 1. The summed E-state index contributed by atoms with van der Waals surface area (Å²) in [6, 6.07) is 9.55. The number of carbonyl (C=O) groups excluding carboxylic acids is 2. The molecular weight excluding hydrogens is 320 g/mol. The number of benzene rings is 1. The van der Waals surface area contributed by atoms with E-state index in [1.165, 1.54) is 0 Å². The molecule has 25 heavy (non-hydrogen) atoms. The molecule has 0 bridgehead atoms. The van der Waals surface area contributed by atoms with Crippen LogP contribution in [-0.4, -0.2) is 46.4 Å². The Hall–Kier alpha value is -2.37. The van der Waals surface area contributed by atoms with Crippen LogP contribution in [0.15, 0.2) is 30.3 Å². The van der Waals surface area contributed by atoms with E-state index in [0.29, 0.717) is 38.8 Å². The van der Waals surface area contributed by atoms with Crippen LogP contribution in [0, 0.1) is 5.92 Å². The lowest BCUT2D eigenvalue weighted by Crippen LogP contribution is -2.61. The molecule has 2 aliphatic rings. The molecule has 1 saturated carbocycles. The zero-order chi connectivity index (χ0) is 17.9. The maximum atomic E-state index is 12.5. The first-order chi connectivity index (χ1) is 12.0. The monoisotopic (exact) mass is 344 g/mol. The molecule has 1 atom stereocenters. The van der Waals surface area contributed by atoms with Gasteiger partial charge in [0.05, 0.1) is 12.3 Å². The summed E-state index contributed by atoms with van der Waals surface area (Å²) in [5.74, 6) is -1.51. The van der Waals surface area contributed by atoms with Crippen LogP contribution in [0.25, 0.3) is 0 Å². The molecule has 0 spiro atoms. The van der Waals surface area contributed by atoms with Gasteiger partial charge in [-0.25, -0.2) is 4.79 Å². The second-order valence-electron chi connectivity index (χ2n) is 7.07. The molecule has 134 valence electrons. The summed E-state index contributed by atoms with van der Waals surface area (Å²) in [5, 5.41) is 12.1. The molecule has 2 amide bonds. The van der Waals surface area contributed by atoms with Gasteiger partial charge in [0.25, 0.3) is 0 Å². The van der Waals surface area contributed by atoms with E-state index in [1.54, 1.807) is 4.90 Å². The summed E-state index contributed by atoms with van der Waals surface area (Å²) in [7, 11) is 0. The van der Waals surface area contributed by atoms with E-state index in [2.05, 4.69) is 5.32 Å². The fourth-order valence-electron chi connectivity index (χ4n) is 3.56. The number of hydrogen-bond acceptors (Lipinski definition) is 3. The van der Waals surface area contributed by atoms with E-state index in [1.807, 2.05) is 30.3 Å². The molecular formula is C19H24N2O4. The Labute approximate surface area is 147 Å². The van der Waals surface area contributed by atoms with E-state index in [4.69, 9.17) is 0 Å². The minimum Gasteiger partial charge on any atom is -0.480 e. The Morgan fingerprint density at radius 1 is 1.16 bits per heavy atom. The second-order valence-corrected chi connectivity index (χ2v) is 7.07. The van der Waals surface area contributed by atoms with Crippen molar-refractivity contribution < 1.29 is 19.5 Å². The third-order valence-electron chi connectivity index (χ3n) is 5.32. The maximum absolute atomic E-state index is 12.5. The van der Waals surface area contributed by atoms with Crippen molar-refractivity contribution in [3.8, 4) is 0 Å². The largest absolute Gasteiger partial charge is 0.480 e. The molecule has 1 heterocycles. The van der Waals surface area contributed by atoms with Gasteiger partial charge < -0.3 is 15.3 Å². The third-order valence-corrected chi connectivity index (χ3v) is 5.32. The molecule has 0 aromatic heterocycles. The molecule has 6 nitrogen and oxygen atoms in total. The molecule has 3 rings (SSSR count). The SMILES string of the molecule is O=C(NC1(C(=O)O)CCC1)C1CCCN(C(=O)Cc2ccccc2)C1. The van der Waals surface area contributed by atoms with E-state index >= 15 is 0 Å². The Morgan fingerprint density at radius 3 is 2.48 bits per heavy atom. The van der Waals surface area contributed by atoms with Crippen molar-refractivity contribution in [2.75, 3.05) is 13.1 Å². The average Bonchev–Trinajstić information content (AvgIpc) is 2.58. The number of hydrogen-bond donors (Lipinski definition) is 2. The van der Waals surface area contributed by atoms with Crippen LogP contribution in [0.4, 0.5) is 0 Å². The van der Waals surface area contributed by atoms with Crippen LogP contribution in [0.5, 0.6) is 0 Å². The summed E-state index contributed by atoms with van der Waals surface area (Å²) >= 11 is 0. The molecule has 1 saturated heterocycles. The van der Waals surface area contributed by atoms with Crippen molar-refractivity contribution >= 4 is 17.8 Å². The first-order valence-corrected chi connectivity index (χ1v) is 8.87. The van der Waals surface area contributed by atoms with Gasteiger partial charge in [-0.2, -0.15) is 0 Å². The lowest BCUT2D eigenvalue weighted by atomic mass is 9.76. The van der Waals surface area contributed by atoms with Crippen molar-refractivity contribution in [1.82, 2.24) is 10.2 Å². The summed E-state index contributed by atoms with van der Waals surface area (Å²) in [6.45, 7) is 1.02. The van der Waals surface area contributed by atoms with Gasteiger partial charge in [-0.1, -0.05) is 30.3 Å². The topological polar surface area (TPSA) is 86.7 Å². The Morgan fingerprint density at radius 2 is 1.88 bits per heavy atom. The molecule has 0 radical (unpaired) electrons. The minimum absolute atomic E-state index is 0.0142. The van der Waals surface area contributed by atoms with E-state index in [9.17, 15) is 19.5 Å². The number of carbonyl (C=O) groups is 3. The number of nitrogens with one attached hydrogen (secondary N) is 1. The van der Waals surface area contributed by atoms with Crippen LogP contribution < -0.4 is 5.32 Å². The quantitative estimate of drug-likeness (QED) is 0.849. The molecule has 2 N–H and O–H groups in total. The van der Waals surface area contributed by atoms with E-state index < -0.39 is 11.5 Å². The Bertz CT molecular complexity index is 655. The van der Waals surface area contributed by atoms with Gasteiger partial charge in [0.1, 0.15) is 5.54 Å². The highest BCUT2D eigenvalue weighted by Crippen LogP contribution is 2.33. The molecule has 2 fully saturated rings. The lowest BCUT2D eigenvalue weighted by molar-refractivity contribution is -0.153. The van der Waals surface area contributed by atoms with E-state index in [-0.39, 0.29) is 17.7 Å². The fraction of sp³-hybridized carbons (Fsp3) is 0.526. The number of carboxylic acids is 1.